The molecule has 4 rings (SSSR count). The van der Waals surface area contributed by atoms with Crippen molar-refractivity contribution >= 4 is 33.8 Å². The van der Waals surface area contributed by atoms with Crippen LogP contribution in [0.15, 0.2) is 11.6 Å². The SMILES string of the molecule is CC(C)(NC(=O)C1C2CNC[C@@H]21)c1c(Cl)nc2sccn12. The van der Waals surface area contributed by atoms with Crippen molar-refractivity contribution < 1.29 is 4.79 Å². The van der Waals surface area contributed by atoms with Crippen molar-refractivity contribution in [3.05, 3.63) is 22.4 Å². The van der Waals surface area contributed by atoms with E-state index in [1.807, 2.05) is 29.8 Å². The van der Waals surface area contributed by atoms with Gasteiger partial charge in [-0.05, 0) is 38.8 Å². The lowest BCUT2D eigenvalue weighted by atomic mass is 10.0. The standard InChI is InChI=1S/C14H17ClN4OS/c1-14(2,10-11(15)17-13-19(10)3-4-21-13)18-12(20)9-7-5-16-6-8(7)9/h3-4,7-9,16H,5-6H2,1-2H3,(H,18,20)/t7-,8?,9?/m0/s1. The molecule has 1 aliphatic carbocycles. The fourth-order valence-corrected chi connectivity index (χ4v) is 4.75. The molecule has 1 aliphatic heterocycles. The van der Waals surface area contributed by atoms with Gasteiger partial charge < -0.3 is 10.6 Å². The maximum Gasteiger partial charge on any atom is 0.224 e. The highest BCUT2D eigenvalue weighted by atomic mass is 35.5. The van der Waals surface area contributed by atoms with E-state index in [9.17, 15) is 4.79 Å². The number of carbonyl (C=O) groups excluding carboxylic acids is 1. The van der Waals surface area contributed by atoms with Crippen LogP contribution in [0.4, 0.5) is 0 Å². The normalized spacial score (nSPS) is 27.9. The summed E-state index contributed by atoms with van der Waals surface area (Å²) in [5.41, 5.74) is 0.302. The molecule has 0 aromatic carbocycles. The van der Waals surface area contributed by atoms with Gasteiger partial charge in [0.2, 0.25) is 5.91 Å². The summed E-state index contributed by atoms with van der Waals surface area (Å²) in [7, 11) is 0. The third-order valence-corrected chi connectivity index (χ3v) is 5.66. The Kier molecular flexibility index (Phi) is 2.87. The number of hydrogen-bond donors (Lipinski definition) is 2. The molecular weight excluding hydrogens is 308 g/mol. The van der Waals surface area contributed by atoms with Gasteiger partial charge in [0.25, 0.3) is 0 Å². The summed E-state index contributed by atoms with van der Waals surface area (Å²) < 4.78 is 1.96. The van der Waals surface area contributed by atoms with Crippen molar-refractivity contribution in [3.63, 3.8) is 0 Å². The second-order valence-corrected chi connectivity index (χ2v) is 7.66. The lowest BCUT2D eigenvalue weighted by Crippen LogP contribution is -2.44. The highest BCUT2D eigenvalue weighted by Crippen LogP contribution is 2.49. The van der Waals surface area contributed by atoms with Gasteiger partial charge >= 0.3 is 0 Å². The molecule has 3 atom stereocenters. The topological polar surface area (TPSA) is 58.4 Å². The van der Waals surface area contributed by atoms with Gasteiger partial charge in [0, 0.05) is 17.5 Å². The fourth-order valence-electron chi connectivity index (χ4n) is 3.58. The zero-order chi connectivity index (χ0) is 14.8. The molecule has 0 radical (unpaired) electrons. The summed E-state index contributed by atoms with van der Waals surface area (Å²) in [5.74, 6) is 1.33. The number of amides is 1. The zero-order valence-corrected chi connectivity index (χ0v) is 13.5. The minimum atomic E-state index is -0.543. The number of aromatic nitrogens is 2. The van der Waals surface area contributed by atoms with E-state index in [0.717, 1.165) is 23.7 Å². The van der Waals surface area contributed by atoms with E-state index in [1.54, 1.807) is 0 Å². The summed E-state index contributed by atoms with van der Waals surface area (Å²) in [4.78, 5) is 17.7. The smallest absolute Gasteiger partial charge is 0.224 e. The largest absolute Gasteiger partial charge is 0.345 e. The average Bonchev–Trinajstić information content (AvgIpc) is 2.77. The van der Waals surface area contributed by atoms with E-state index in [-0.39, 0.29) is 11.8 Å². The molecule has 2 fully saturated rings. The number of imidazole rings is 1. The van der Waals surface area contributed by atoms with Crippen molar-refractivity contribution in [2.75, 3.05) is 13.1 Å². The second-order valence-electron chi connectivity index (χ2n) is 6.43. The molecule has 3 heterocycles. The predicted octanol–water partition coefficient (Wildman–Crippen LogP) is 1.87. The van der Waals surface area contributed by atoms with Gasteiger partial charge in [0.15, 0.2) is 10.1 Å². The number of rotatable bonds is 3. The third kappa shape index (κ3) is 2.00. The Hall–Kier alpha value is -1.11. The van der Waals surface area contributed by atoms with Crippen LogP contribution in [0, 0.1) is 17.8 Å². The molecule has 0 spiro atoms. The van der Waals surface area contributed by atoms with Crippen LogP contribution >= 0.6 is 22.9 Å². The molecule has 1 amide bonds. The third-order valence-electron chi connectivity index (χ3n) is 4.64. The van der Waals surface area contributed by atoms with E-state index in [2.05, 4.69) is 15.6 Å². The second kappa shape index (κ2) is 4.44. The molecule has 2 aromatic heterocycles. The Morgan fingerprint density at radius 2 is 2.24 bits per heavy atom. The molecule has 2 N–H and O–H groups in total. The van der Waals surface area contributed by atoms with Gasteiger partial charge in [-0.1, -0.05) is 11.6 Å². The Bertz CT molecular complexity index is 712. The van der Waals surface area contributed by atoms with Crippen molar-refractivity contribution in [3.8, 4) is 0 Å². The summed E-state index contributed by atoms with van der Waals surface area (Å²) >= 11 is 7.82. The number of thiazole rings is 1. The molecule has 21 heavy (non-hydrogen) atoms. The number of hydrogen-bond acceptors (Lipinski definition) is 4. The maximum absolute atomic E-state index is 12.5. The van der Waals surface area contributed by atoms with Crippen molar-refractivity contribution in [1.29, 1.82) is 0 Å². The molecule has 2 aromatic rings. The molecular formula is C14H17ClN4OS. The van der Waals surface area contributed by atoms with Gasteiger partial charge in [-0.3, -0.25) is 9.20 Å². The molecule has 0 bridgehead atoms. The summed E-state index contributed by atoms with van der Waals surface area (Å²) in [6.45, 7) is 5.89. The molecule has 2 unspecified atom stereocenters. The highest BCUT2D eigenvalue weighted by molar-refractivity contribution is 7.15. The first-order valence-corrected chi connectivity index (χ1v) is 8.39. The minimum absolute atomic E-state index is 0.137. The monoisotopic (exact) mass is 324 g/mol. The minimum Gasteiger partial charge on any atom is -0.345 e. The predicted molar refractivity (Wildman–Crippen MR) is 82.6 cm³/mol. The molecule has 2 aliphatic rings. The Morgan fingerprint density at radius 3 is 2.95 bits per heavy atom. The first kappa shape index (κ1) is 13.5. The van der Waals surface area contributed by atoms with Crippen LogP contribution in [0.25, 0.3) is 4.96 Å². The Balaban J connectivity index is 1.59. The van der Waals surface area contributed by atoms with Crippen LogP contribution in [-0.4, -0.2) is 28.4 Å². The summed E-state index contributed by atoms with van der Waals surface area (Å²) in [6.07, 6.45) is 1.94. The first-order chi connectivity index (χ1) is 9.99. The summed E-state index contributed by atoms with van der Waals surface area (Å²) in [5, 5.41) is 8.91. The van der Waals surface area contributed by atoms with E-state index >= 15 is 0 Å². The fraction of sp³-hybridized carbons (Fsp3) is 0.571. The number of nitrogens with zero attached hydrogens (tertiary/aromatic N) is 2. The Morgan fingerprint density at radius 1 is 1.52 bits per heavy atom. The van der Waals surface area contributed by atoms with Crippen LogP contribution in [0.2, 0.25) is 5.15 Å². The Labute approximate surface area is 131 Å². The quantitative estimate of drug-likeness (QED) is 0.906. The van der Waals surface area contributed by atoms with Gasteiger partial charge in [-0.2, -0.15) is 0 Å². The van der Waals surface area contributed by atoms with Crippen LogP contribution in [0.5, 0.6) is 0 Å². The number of carbonyl (C=O) groups is 1. The van der Waals surface area contributed by atoms with Gasteiger partial charge in [0.05, 0.1) is 11.2 Å². The van der Waals surface area contributed by atoms with Gasteiger partial charge in [0.1, 0.15) is 0 Å². The van der Waals surface area contributed by atoms with Crippen LogP contribution in [0.1, 0.15) is 19.5 Å². The van der Waals surface area contributed by atoms with Crippen LogP contribution in [0.3, 0.4) is 0 Å². The highest BCUT2D eigenvalue weighted by Gasteiger charge is 2.57. The number of piperidine rings is 1. The average molecular weight is 325 g/mol. The molecule has 5 nitrogen and oxygen atoms in total. The zero-order valence-electron chi connectivity index (χ0n) is 11.9. The molecule has 7 heteroatoms. The number of halogens is 1. The first-order valence-electron chi connectivity index (χ1n) is 7.13. The van der Waals surface area contributed by atoms with Gasteiger partial charge in [-0.15, -0.1) is 11.3 Å². The lowest BCUT2D eigenvalue weighted by Gasteiger charge is -2.26. The number of nitrogens with one attached hydrogen (secondary N) is 2. The molecule has 1 saturated carbocycles. The van der Waals surface area contributed by atoms with Crippen molar-refractivity contribution in [2.45, 2.75) is 19.4 Å². The molecule has 1 saturated heterocycles. The van der Waals surface area contributed by atoms with E-state index in [4.69, 9.17) is 11.6 Å². The maximum atomic E-state index is 12.5. The van der Waals surface area contributed by atoms with E-state index < -0.39 is 5.54 Å². The molecule has 112 valence electrons. The summed E-state index contributed by atoms with van der Waals surface area (Å²) in [6, 6.07) is 0. The van der Waals surface area contributed by atoms with Crippen LogP contribution in [-0.2, 0) is 10.3 Å². The lowest BCUT2D eigenvalue weighted by molar-refractivity contribution is -0.124. The van der Waals surface area contributed by atoms with Crippen LogP contribution < -0.4 is 10.6 Å². The van der Waals surface area contributed by atoms with Gasteiger partial charge in [-0.25, -0.2) is 4.98 Å². The van der Waals surface area contributed by atoms with E-state index in [1.165, 1.54) is 11.3 Å². The van der Waals surface area contributed by atoms with E-state index in [0.29, 0.717) is 17.0 Å². The van der Waals surface area contributed by atoms with Crippen molar-refractivity contribution in [2.24, 2.45) is 17.8 Å². The van der Waals surface area contributed by atoms with Crippen molar-refractivity contribution in [1.82, 2.24) is 20.0 Å². The number of fused-ring (bicyclic) bond motifs is 2.